The Morgan fingerprint density at radius 3 is 2.74 bits per heavy atom. The molecule has 0 fully saturated rings. The highest BCUT2D eigenvalue weighted by molar-refractivity contribution is 5.52. The molecule has 0 atom stereocenters. The summed E-state index contributed by atoms with van der Waals surface area (Å²) in [6.07, 6.45) is 0. The SMILES string of the molecule is N#Cc1ccc(NCc2cccc3c2OCO3)cc1. The van der Waals surface area contributed by atoms with Gasteiger partial charge in [0.05, 0.1) is 11.6 Å². The number of hydrogen-bond acceptors (Lipinski definition) is 4. The van der Waals surface area contributed by atoms with E-state index in [1.807, 2.05) is 30.3 Å². The highest BCUT2D eigenvalue weighted by atomic mass is 16.7. The van der Waals surface area contributed by atoms with E-state index in [1.54, 1.807) is 12.1 Å². The molecule has 1 aliphatic rings. The zero-order chi connectivity index (χ0) is 13.1. The Hall–Kier alpha value is -2.67. The lowest BCUT2D eigenvalue weighted by molar-refractivity contribution is 0.173. The molecular formula is C15H12N2O2. The monoisotopic (exact) mass is 252 g/mol. The molecule has 0 spiro atoms. The predicted octanol–water partition coefficient (Wildman–Crippen LogP) is 2.90. The third-order valence-electron chi connectivity index (χ3n) is 2.98. The summed E-state index contributed by atoms with van der Waals surface area (Å²) in [6, 6.07) is 15.3. The molecule has 1 aliphatic heterocycles. The van der Waals surface area contributed by atoms with Gasteiger partial charge in [-0.05, 0) is 30.3 Å². The molecule has 0 unspecified atom stereocenters. The summed E-state index contributed by atoms with van der Waals surface area (Å²) in [6.45, 7) is 0.932. The fourth-order valence-electron chi connectivity index (χ4n) is 1.99. The highest BCUT2D eigenvalue weighted by Gasteiger charge is 2.16. The van der Waals surface area contributed by atoms with Crippen molar-refractivity contribution in [2.45, 2.75) is 6.54 Å². The minimum absolute atomic E-state index is 0.281. The zero-order valence-corrected chi connectivity index (χ0v) is 10.2. The largest absolute Gasteiger partial charge is 0.454 e. The summed E-state index contributed by atoms with van der Waals surface area (Å²) in [5.41, 5.74) is 2.68. The second kappa shape index (κ2) is 4.91. The van der Waals surface area contributed by atoms with Crippen LogP contribution in [0.5, 0.6) is 11.5 Å². The van der Waals surface area contributed by atoms with Crippen molar-refractivity contribution in [2.24, 2.45) is 0 Å². The predicted molar refractivity (Wildman–Crippen MR) is 71.0 cm³/mol. The molecule has 1 heterocycles. The molecule has 2 aromatic rings. The molecular weight excluding hydrogens is 240 g/mol. The lowest BCUT2D eigenvalue weighted by Gasteiger charge is -2.08. The minimum Gasteiger partial charge on any atom is -0.454 e. The van der Waals surface area contributed by atoms with Gasteiger partial charge in [-0.1, -0.05) is 12.1 Å². The van der Waals surface area contributed by atoms with E-state index in [1.165, 1.54) is 0 Å². The van der Waals surface area contributed by atoms with Gasteiger partial charge in [-0.3, -0.25) is 0 Å². The van der Waals surface area contributed by atoms with E-state index in [9.17, 15) is 0 Å². The first kappa shape index (κ1) is 11.4. The number of nitrogens with zero attached hydrogens (tertiary/aromatic N) is 1. The second-order valence-electron chi connectivity index (χ2n) is 4.19. The van der Waals surface area contributed by atoms with Gasteiger partial charge in [0.1, 0.15) is 0 Å². The summed E-state index contributed by atoms with van der Waals surface area (Å²) < 4.78 is 10.8. The van der Waals surface area contributed by atoms with Crippen LogP contribution in [0.1, 0.15) is 11.1 Å². The van der Waals surface area contributed by atoms with Gasteiger partial charge in [0.2, 0.25) is 6.79 Å². The van der Waals surface area contributed by atoms with Crippen LogP contribution in [-0.2, 0) is 6.54 Å². The van der Waals surface area contributed by atoms with Crippen molar-refractivity contribution in [2.75, 3.05) is 12.1 Å². The summed E-state index contributed by atoms with van der Waals surface area (Å²) in [5, 5.41) is 12.0. The fourth-order valence-corrected chi connectivity index (χ4v) is 1.99. The number of fused-ring (bicyclic) bond motifs is 1. The molecule has 0 bridgehead atoms. The van der Waals surface area contributed by atoms with Crippen LogP contribution < -0.4 is 14.8 Å². The van der Waals surface area contributed by atoms with Crippen molar-refractivity contribution in [3.8, 4) is 17.6 Å². The van der Waals surface area contributed by atoms with E-state index in [4.69, 9.17) is 14.7 Å². The Balaban J connectivity index is 1.72. The molecule has 4 nitrogen and oxygen atoms in total. The van der Waals surface area contributed by atoms with Crippen LogP contribution in [0.4, 0.5) is 5.69 Å². The Morgan fingerprint density at radius 2 is 1.95 bits per heavy atom. The van der Waals surface area contributed by atoms with Crippen LogP contribution in [0.25, 0.3) is 0 Å². The van der Waals surface area contributed by atoms with E-state index < -0.39 is 0 Å². The molecule has 2 aromatic carbocycles. The molecule has 4 heteroatoms. The van der Waals surface area contributed by atoms with Gasteiger partial charge >= 0.3 is 0 Å². The number of nitriles is 1. The molecule has 0 amide bonds. The van der Waals surface area contributed by atoms with E-state index in [-0.39, 0.29) is 6.79 Å². The average molecular weight is 252 g/mol. The van der Waals surface area contributed by atoms with Crippen molar-refractivity contribution < 1.29 is 9.47 Å². The number of nitrogens with one attached hydrogen (secondary N) is 1. The second-order valence-corrected chi connectivity index (χ2v) is 4.19. The lowest BCUT2D eigenvalue weighted by Crippen LogP contribution is -2.01. The quantitative estimate of drug-likeness (QED) is 0.912. The van der Waals surface area contributed by atoms with Crippen molar-refractivity contribution in [1.82, 2.24) is 0 Å². The summed E-state index contributed by atoms with van der Waals surface area (Å²) in [7, 11) is 0. The van der Waals surface area contributed by atoms with Crippen molar-refractivity contribution >= 4 is 5.69 Å². The van der Waals surface area contributed by atoms with Gasteiger partial charge in [-0.15, -0.1) is 0 Å². The first-order valence-corrected chi connectivity index (χ1v) is 5.98. The fraction of sp³-hybridized carbons (Fsp3) is 0.133. The molecule has 1 N–H and O–H groups in total. The van der Waals surface area contributed by atoms with Gasteiger partial charge in [0.25, 0.3) is 0 Å². The summed E-state index contributed by atoms with van der Waals surface area (Å²) in [4.78, 5) is 0. The lowest BCUT2D eigenvalue weighted by atomic mass is 10.1. The highest BCUT2D eigenvalue weighted by Crippen LogP contribution is 2.35. The summed E-state index contributed by atoms with van der Waals surface area (Å²) in [5.74, 6) is 1.60. The Labute approximate surface area is 111 Å². The van der Waals surface area contributed by atoms with Crippen LogP contribution in [0.2, 0.25) is 0 Å². The van der Waals surface area contributed by atoms with E-state index >= 15 is 0 Å². The van der Waals surface area contributed by atoms with Crippen LogP contribution in [0.15, 0.2) is 42.5 Å². The van der Waals surface area contributed by atoms with Gasteiger partial charge in [-0.25, -0.2) is 0 Å². The molecule has 19 heavy (non-hydrogen) atoms. The van der Waals surface area contributed by atoms with Gasteiger partial charge < -0.3 is 14.8 Å². The maximum atomic E-state index is 8.74. The molecule has 3 rings (SSSR count). The number of ether oxygens (including phenoxy) is 2. The Kier molecular flexibility index (Phi) is 2.95. The van der Waals surface area contributed by atoms with Crippen molar-refractivity contribution in [3.05, 3.63) is 53.6 Å². The Bertz CT molecular complexity index is 630. The smallest absolute Gasteiger partial charge is 0.231 e. The van der Waals surface area contributed by atoms with E-state index in [2.05, 4.69) is 11.4 Å². The number of benzene rings is 2. The average Bonchev–Trinajstić information content (AvgIpc) is 2.94. The van der Waals surface area contributed by atoms with Gasteiger partial charge in [0, 0.05) is 17.8 Å². The number of rotatable bonds is 3. The van der Waals surface area contributed by atoms with Crippen LogP contribution in [-0.4, -0.2) is 6.79 Å². The zero-order valence-electron chi connectivity index (χ0n) is 10.2. The maximum absolute atomic E-state index is 8.74. The van der Waals surface area contributed by atoms with Crippen molar-refractivity contribution in [3.63, 3.8) is 0 Å². The number of hydrogen-bond donors (Lipinski definition) is 1. The first-order chi connectivity index (χ1) is 9.36. The normalized spacial score (nSPS) is 11.9. The molecule has 0 radical (unpaired) electrons. The topological polar surface area (TPSA) is 54.3 Å². The minimum atomic E-state index is 0.281. The van der Waals surface area contributed by atoms with E-state index in [0.717, 1.165) is 22.7 Å². The van der Waals surface area contributed by atoms with Gasteiger partial charge in [0.15, 0.2) is 11.5 Å². The number of anilines is 1. The summed E-state index contributed by atoms with van der Waals surface area (Å²) >= 11 is 0. The molecule has 0 saturated carbocycles. The molecule has 0 aromatic heterocycles. The van der Waals surface area contributed by atoms with Crippen molar-refractivity contribution in [1.29, 1.82) is 5.26 Å². The number of para-hydroxylation sites is 1. The molecule has 0 aliphatic carbocycles. The van der Waals surface area contributed by atoms with E-state index in [0.29, 0.717) is 12.1 Å². The third-order valence-corrected chi connectivity index (χ3v) is 2.98. The van der Waals surface area contributed by atoms with Crippen LogP contribution >= 0.6 is 0 Å². The van der Waals surface area contributed by atoms with Gasteiger partial charge in [-0.2, -0.15) is 5.26 Å². The molecule has 94 valence electrons. The van der Waals surface area contributed by atoms with Crippen LogP contribution in [0.3, 0.4) is 0 Å². The maximum Gasteiger partial charge on any atom is 0.231 e. The third kappa shape index (κ3) is 2.31. The Morgan fingerprint density at radius 1 is 1.11 bits per heavy atom. The van der Waals surface area contributed by atoms with Crippen LogP contribution in [0, 0.1) is 11.3 Å². The molecule has 0 saturated heterocycles. The standard InChI is InChI=1S/C15H12N2O2/c16-8-11-4-6-13(7-5-11)17-9-12-2-1-3-14-15(12)19-10-18-14/h1-7,17H,9-10H2. The first-order valence-electron chi connectivity index (χ1n) is 5.98.